The first-order valence-corrected chi connectivity index (χ1v) is 5.39. The first-order valence-electron chi connectivity index (χ1n) is 4.95. The lowest BCUT2D eigenvalue weighted by atomic mass is 10.2. The maximum atomic E-state index is 11.0. The Kier molecular flexibility index (Phi) is 7.61. The van der Waals surface area contributed by atoms with E-state index in [0.717, 1.165) is 25.7 Å². The lowest BCUT2D eigenvalue weighted by molar-refractivity contribution is 0.156. The number of halogens is 1. The lowest BCUT2D eigenvalue weighted by Gasteiger charge is -2.13. The summed E-state index contributed by atoms with van der Waals surface area (Å²) in [5, 5.41) is 13.6. The van der Waals surface area contributed by atoms with Crippen LogP contribution in [-0.4, -0.2) is 22.9 Å². The van der Waals surface area contributed by atoms with Crippen molar-refractivity contribution in [1.29, 1.82) is 0 Å². The van der Waals surface area contributed by atoms with Crippen LogP contribution in [0.2, 0.25) is 0 Å². The summed E-state index contributed by atoms with van der Waals surface area (Å²) < 4.78 is 0. The average molecular weight is 223 g/mol. The monoisotopic (exact) mass is 222 g/mol. The fraction of sp³-hybridized carbons (Fsp3) is 0.889. The van der Waals surface area contributed by atoms with Crippen LogP contribution in [0.4, 0.5) is 4.79 Å². The van der Waals surface area contributed by atoms with Gasteiger partial charge in [-0.2, -0.15) is 0 Å². The van der Waals surface area contributed by atoms with E-state index in [1.54, 1.807) is 0 Å². The van der Waals surface area contributed by atoms with Gasteiger partial charge in [-0.15, -0.1) is 0 Å². The minimum absolute atomic E-state index is 0.361. The molecule has 5 heteroatoms. The molecule has 0 aliphatic carbocycles. The number of aliphatic hydroxyl groups excluding tert-OH is 1. The molecule has 2 amide bonds. The van der Waals surface area contributed by atoms with Crippen molar-refractivity contribution in [3.63, 3.8) is 0 Å². The zero-order chi connectivity index (χ0) is 11.0. The number of alkyl halides is 1. The molecule has 0 aliphatic rings. The highest BCUT2D eigenvalue weighted by atomic mass is 35.5. The van der Waals surface area contributed by atoms with Crippen LogP contribution in [0.25, 0.3) is 0 Å². The third-order valence-corrected chi connectivity index (χ3v) is 2.02. The van der Waals surface area contributed by atoms with E-state index >= 15 is 0 Å². The average Bonchev–Trinajstić information content (AvgIpc) is 2.02. The number of carbonyl (C=O) groups is 1. The van der Waals surface area contributed by atoms with Gasteiger partial charge in [0.2, 0.25) is 0 Å². The Morgan fingerprint density at radius 1 is 1.43 bits per heavy atom. The molecule has 0 radical (unpaired) electrons. The Hall–Kier alpha value is -0.480. The smallest absolute Gasteiger partial charge is 0.317 e. The van der Waals surface area contributed by atoms with E-state index in [9.17, 15) is 4.79 Å². The molecule has 2 atom stereocenters. The van der Waals surface area contributed by atoms with Gasteiger partial charge in [0.1, 0.15) is 11.7 Å². The van der Waals surface area contributed by atoms with Crippen molar-refractivity contribution in [2.75, 3.05) is 0 Å². The molecule has 0 aromatic rings. The minimum Gasteiger partial charge on any atom is -0.374 e. The van der Waals surface area contributed by atoms with Crippen LogP contribution in [0, 0.1) is 0 Å². The van der Waals surface area contributed by atoms with E-state index in [0.29, 0.717) is 0 Å². The van der Waals surface area contributed by atoms with Gasteiger partial charge < -0.3 is 15.7 Å². The van der Waals surface area contributed by atoms with Crippen molar-refractivity contribution in [3.8, 4) is 0 Å². The summed E-state index contributed by atoms with van der Waals surface area (Å²) in [7, 11) is 0. The highest BCUT2D eigenvalue weighted by Gasteiger charge is 2.09. The molecule has 0 saturated heterocycles. The summed E-state index contributed by atoms with van der Waals surface area (Å²) in [6, 6.07) is -0.434. The van der Waals surface area contributed by atoms with Gasteiger partial charge in [-0.3, -0.25) is 0 Å². The van der Waals surface area contributed by atoms with Crippen LogP contribution >= 0.6 is 11.6 Å². The largest absolute Gasteiger partial charge is 0.374 e. The van der Waals surface area contributed by atoms with Gasteiger partial charge in [0, 0.05) is 0 Å². The van der Waals surface area contributed by atoms with Crippen LogP contribution in [-0.2, 0) is 0 Å². The van der Waals surface area contributed by atoms with Crippen molar-refractivity contribution in [3.05, 3.63) is 0 Å². The van der Waals surface area contributed by atoms with E-state index in [1.165, 1.54) is 6.92 Å². The minimum atomic E-state index is -0.852. The standard InChI is InChI=1S/C9H19ClN2O2/c1-3-4-5-6-8(10)12-9(14)11-7(2)13/h7-8,13H,3-6H2,1-2H3,(H2,11,12,14). The van der Waals surface area contributed by atoms with Crippen molar-refractivity contribution in [1.82, 2.24) is 10.6 Å². The topological polar surface area (TPSA) is 61.4 Å². The molecule has 0 rings (SSSR count). The van der Waals surface area contributed by atoms with E-state index in [2.05, 4.69) is 17.6 Å². The Labute approximate surface area is 90.0 Å². The number of urea groups is 1. The molecule has 0 fully saturated rings. The Morgan fingerprint density at radius 2 is 2.07 bits per heavy atom. The molecule has 14 heavy (non-hydrogen) atoms. The fourth-order valence-electron chi connectivity index (χ4n) is 1.02. The third-order valence-electron chi connectivity index (χ3n) is 1.69. The Bertz CT molecular complexity index is 165. The van der Waals surface area contributed by atoms with Crippen LogP contribution in [0.15, 0.2) is 0 Å². The maximum Gasteiger partial charge on any atom is 0.317 e. The zero-order valence-electron chi connectivity index (χ0n) is 8.72. The van der Waals surface area contributed by atoms with Gasteiger partial charge >= 0.3 is 6.03 Å². The van der Waals surface area contributed by atoms with Crippen molar-refractivity contribution in [2.24, 2.45) is 0 Å². The molecule has 84 valence electrons. The van der Waals surface area contributed by atoms with Gasteiger partial charge in [-0.1, -0.05) is 37.8 Å². The van der Waals surface area contributed by atoms with Gasteiger partial charge in [-0.05, 0) is 13.3 Å². The predicted octanol–water partition coefficient (Wildman–Crippen LogP) is 1.77. The van der Waals surface area contributed by atoms with E-state index < -0.39 is 12.3 Å². The number of hydrogen-bond acceptors (Lipinski definition) is 2. The summed E-state index contributed by atoms with van der Waals surface area (Å²) in [5.74, 6) is 0. The summed E-state index contributed by atoms with van der Waals surface area (Å²) in [6.45, 7) is 3.58. The zero-order valence-corrected chi connectivity index (χ0v) is 9.47. The molecule has 0 heterocycles. The second kappa shape index (κ2) is 7.88. The highest BCUT2D eigenvalue weighted by Crippen LogP contribution is 2.06. The van der Waals surface area contributed by atoms with Gasteiger partial charge in [0.25, 0.3) is 0 Å². The SMILES string of the molecule is CCCCCC(Cl)NC(=O)NC(C)O. The summed E-state index contributed by atoms with van der Waals surface area (Å²) in [6.07, 6.45) is 3.14. The van der Waals surface area contributed by atoms with Crippen LogP contribution in [0.3, 0.4) is 0 Å². The van der Waals surface area contributed by atoms with Crippen LogP contribution in [0.5, 0.6) is 0 Å². The molecule has 0 saturated carbocycles. The molecule has 0 aliphatic heterocycles. The third kappa shape index (κ3) is 8.13. The number of rotatable bonds is 6. The summed E-state index contributed by atoms with van der Waals surface area (Å²) in [5.41, 5.74) is -0.361. The second-order valence-corrected chi connectivity index (χ2v) is 3.78. The van der Waals surface area contributed by atoms with E-state index in [1.807, 2.05) is 0 Å². The first-order chi connectivity index (χ1) is 6.56. The summed E-state index contributed by atoms with van der Waals surface area (Å²) >= 11 is 5.84. The molecule has 0 spiro atoms. The van der Waals surface area contributed by atoms with E-state index in [-0.39, 0.29) is 5.50 Å². The predicted molar refractivity (Wildman–Crippen MR) is 57.1 cm³/mol. The molecule has 3 N–H and O–H groups in total. The number of carbonyl (C=O) groups excluding carboxylic acids is 1. The molecule has 0 aromatic heterocycles. The second-order valence-electron chi connectivity index (χ2n) is 3.26. The fourth-order valence-corrected chi connectivity index (χ4v) is 1.27. The highest BCUT2D eigenvalue weighted by molar-refractivity contribution is 6.21. The van der Waals surface area contributed by atoms with Crippen LogP contribution < -0.4 is 10.6 Å². The maximum absolute atomic E-state index is 11.0. The van der Waals surface area contributed by atoms with Crippen molar-refractivity contribution < 1.29 is 9.90 Å². The van der Waals surface area contributed by atoms with Crippen molar-refractivity contribution >= 4 is 17.6 Å². The molecular weight excluding hydrogens is 204 g/mol. The number of aliphatic hydroxyl groups is 1. The number of nitrogens with one attached hydrogen (secondary N) is 2. The molecule has 0 aromatic carbocycles. The van der Waals surface area contributed by atoms with Crippen LogP contribution in [0.1, 0.15) is 39.5 Å². The summed E-state index contributed by atoms with van der Waals surface area (Å²) in [4.78, 5) is 11.0. The molecule has 0 bridgehead atoms. The first kappa shape index (κ1) is 13.5. The number of hydrogen-bond donors (Lipinski definition) is 3. The Morgan fingerprint density at radius 3 is 2.57 bits per heavy atom. The lowest BCUT2D eigenvalue weighted by Crippen LogP contribution is -2.43. The molecule has 4 nitrogen and oxygen atoms in total. The normalized spacial score (nSPS) is 14.6. The van der Waals surface area contributed by atoms with Gasteiger partial charge in [0.05, 0.1) is 0 Å². The quantitative estimate of drug-likeness (QED) is 0.278. The number of unbranched alkanes of at least 4 members (excludes halogenated alkanes) is 2. The number of amides is 2. The van der Waals surface area contributed by atoms with E-state index in [4.69, 9.17) is 16.7 Å². The molecular formula is C9H19ClN2O2. The molecule has 2 unspecified atom stereocenters. The van der Waals surface area contributed by atoms with Crippen molar-refractivity contribution in [2.45, 2.75) is 51.3 Å². The van der Waals surface area contributed by atoms with Gasteiger partial charge in [0.15, 0.2) is 0 Å². The van der Waals surface area contributed by atoms with Gasteiger partial charge in [-0.25, -0.2) is 4.79 Å². The Balaban J connectivity index is 3.50.